The van der Waals surface area contributed by atoms with E-state index in [-0.39, 0.29) is 47.6 Å². The summed E-state index contributed by atoms with van der Waals surface area (Å²) >= 11 is 0.0279. The molecular weight excluding hydrogens is 411 g/mol. The fourth-order valence-electron chi connectivity index (χ4n) is 0.659. The van der Waals surface area contributed by atoms with Crippen molar-refractivity contribution in [2.45, 2.75) is 5.32 Å². The summed E-state index contributed by atoms with van der Waals surface area (Å²) in [5.41, 5.74) is 0. The van der Waals surface area contributed by atoms with Gasteiger partial charge in [0.05, 0.1) is 0 Å². The van der Waals surface area contributed by atoms with Crippen LogP contribution in [0.25, 0.3) is 0 Å². The van der Waals surface area contributed by atoms with Crippen LogP contribution < -0.4 is 9.57 Å². The van der Waals surface area contributed by atoms with Crippen LogP contribution in [0, 0.1) is 0 Å². The standard InChI is InChI=1S/C8H8O2Se.Tl/c9-8(10)6-11-7-4-2-1-3-5-7;/h1-5H,6H2,(H,9,10);/q;+1/p-1. The Morgan fingerprint density at radius 1 is 1.33 bits per heavy atom. The molecule has 2 nitrogen and oxygen atoms in total. The van der Waals surface area contributed by atoms with Gasteiger partial charge in [0.25, 0.3) is 0 Å². The second kappa shape index (κ2) is 6.63. The average molecular weight is 418 g/mol. The number of carbonyl (C=O) groups is 1. The van der Waals surface area contributed by atoms with Crippen LogP contribution in [0.4, 0.5) is 0 Å². The molecule has 0 unspecified atom stereocenters. The first-order valence-corrected chi connectivity index (χ1v) is 5.23. The second-order valence-electron chi connectivity index (χ2n) is 1.97. The van der Waals surface area contributed by atoms with Crippen LogP contribution in [0.15, 0.2) is 30.3 Å². The van der Waals surface area contributed by atoms with Crippen molar-refractivity contribution in [1.29, 1.82) is 0 Å². The predicted molar refractivity (Wildman–Crippen MR) is 47.4 cm³/mol. The van der Waals surface area contributed by atoms with Gasteiger partial charge in [0.1, 0.15) is 0 Å². The van der Waals surface area contributed by atoms with E-state index >= 15 is 0 Å². The van der Waals surface area contributed by atoms with Gasteiger partial charge in [-0.2, -0.15) is 0 Å². The van der Waals surface area contributed by atoms with E-state index in [9.17, 15) is 9.90 Å². The van der Waals surface area contributed by atoms with Crippen molar-refractivity contribution in [2.75, 3.05) is 0 Å². The first-order chi connectivity index (χ1) is 5.29. The summed E-state index contributed by atoms with van der Waals surface area (Å²) in [6, 6.07) is 9.60. The van der Waals surface area contributed by atoms with Crippen molar-refractivity contribution in [2.24, 2.45) is 0 Å². The topological polar surface area (TPSA) is 40.1 Å². The van der Waals surface area contributed by atoms with Crippen LogP contribution in [-0.4, -0.2) is 48.2 Å². The van der Waals surface area contributed by atoms with Gasteiger partial charge < -0.3 is 0 Å². The summed E-state index contributed by atoms with van der Waals surface area (Å²) in [5, 5.41) is 10.2. The van der Waals surface area contributed by atoms with E-state index in [2.05, 4.69) is 0 Å². The first kappa shape index (κ1) is 12.1. The molecule has 0 spiro atoms. The van der Waals surface area contributed by atoms with Crippen molar-refractivity contribution in [3.05, 3.63) is 30.3 Å². The van der Waals surface area contributed by atoms with Crippen molar-refractivity contribution >= 4 is 52.7 Å². The van der Waals surface area contributed by atoms with Gasteiger partial charge in [-0.3, -0.25) is 0 Å². The zero-order valence-corrected chi connectivity index (χ0v) is 12.6. The number of benzene rings is 1. The van der Waals surface area contributed by atoms with Crippen LogP contribution in [0.1, 0.15) is 0 Å². The molecule has 0 atom stereocenters. The van der Waals surface area contributed by atoms with E-state index in [1.54, 1.807) is 0 Å². The average Bonchev–Trinajstić information content (AvgIpc) is 2.03. The maximum absolute atomic E-state index is 10.1. The Morgan fingerprint density at radius 3 is 2.42 bits per heavy atom. The van der Waals surface area contributed by atoms with Crippen LogP contribution in [-0.2, 0) is 4.79 Å². The number of rotatable bonds is 3. The van der Waals surface area contributed by atoms with Crippen molar-refractivity contribution in [3.63, 3.8) is 0 Å². The molecule has 0 fully saturated rings. The third kappa shape index (κ3) is 4.90. The number of carbonyl (C=O) groups excluding carboxylic acids is 1. The smallest absolute Gasteiger partial charge is 1.00 e. The molecule has 0 saturated heterocycles. The summed E-state index contributed by atoms with van der Waals surface area (Å²) in [6.45, 7) is 0. The molecule has 0 amide bonds. The Balaban J connectivity index is 0.00000121. The fraction of sp³-hybridized carbons (Fsp3) is 0.125. The summed E-state index contributed by atoms with van der Waals surface area (Å²) < 4.78 is 1.10. The third-order valence-electron chi connectivity index (χ3n) is 1.10. The largest absolute Gasteiger partial charge is 1.00 e. The summed E-state index contributed by atoms with van der Waals surface area (Å²) in [5.74, 6) is -0.964. The molecule has 0 N–H and O–H groups in total. The molecular formula is C8H7O2SeTl. The summed E-state index contributed by atoms with van der Waals surface area (Å²) in [7, 11) is 0. The van der Waals surface area contributed by atoms with Gasteiger partial charge in [0.15, 0.2) is 0 Å². The first-order valence-electron chi connectivity index (χ1n) is 3.17. The molecule has 1 aromatic carbocycles. The van der Waals surface area contributed by atoms with E-state index in [0.29, 0.717) is 0 Å². The van der Waals surface area contributed by atoms with Crippen LogP contribution in [0.2, 0.25) is 5.32 Å². The molecule has 0 aromatic heterocycles. The van der Waals surface area contributed by atoms with Crippen molar-refractivity contribution in [1.82, 2.24) is 0 Å². The van der Waals surface area contributed by atoms with E-state index < -0.39 is 5.97 Å². The molecule has 1 rings (SSSR count). The summed E-state index contributed by atoms with van der Waals surface area (Å²) in [4.78, 5) is 10.1. The minimum atomic E-state index is -0.964. The molecule has 0 aliphatic heterocycles. The molecule has 12 heavy (non-hydrogen) atoms. The second-order valence-corrected chi connectivity index (χ2v) is 4.17. The molecule has 0 aliphatic carbocycles. The van der Waals surface area contributed by atoms with Gasteiger partial charge in [0.2, 0.25) is 0 Å². The number of carboxylic acids is 1. The van der Waals surface area contributed by atoms with Crippen LogP contribution in [0.3, 0.4) is 0 Å². The molecule has 0 saturated carbocycles. The normalized spacial score (nSPS) is 8.67. The van der Waals surface area contributed by atoms with Crippen LogP contribution in [0.5, 0.6) is 0 Å². The Labute approximate surface area is 97.7 Å². The van der Waals surface area contributed by atoms with Crippen LogP contribution >= 0.6 is 0 Å². The molecule has 0 heterocycles. The molecule has 60 valence electrons. The maximum atomic E-state index is 10.1. The van der Waals surface area contributed by atoms with Gasteiger partial charge in [-0.15, -0.1) is 0 Å². The molecule has 0 radical (unpaired) electrons. The predicted octanol–water partition coefficient (Wildman–Crippen LogP) is -1.20. The fourth-order valence-corrected chi connectivity index (χ4v) is 1.99. The van der Waals surface area contributed by atoms with Gasteiger partial charge in [-0.05, 0) is 0 Å². The summed E-state index contributed by atoms with van der Waals surface area (Å²) in [6.07, 6.45) is 0. The molecule has 0 bridgehead atoms. The van der Waals surface area contributed by atoms with E-state index in [1.165, 1.54) is 0 Å². The van der Waals surface area contributed by atoms with Gasteiger partial charge >= 0.3 is 98.2 Å². The maximum Gasteiger partial charge on any atom is 1.00 e. The number of carboxylic acid groups (broad SMARTS) is 1. The van der Waals surface area contributed by atoms with E-state index in [0.717, 1.165) is 4.46 Å². The number of hydrogen-bond donors (Lipinski definition) is 0. The van der Waals surface area contributed by atoms with Gasteiger partial charge in [0, 0.05) is 0 Å². The third-order valence-corrected chi connectivity index (χ3v) is 3.17. The molecule has 1 aromatic rings. The van der Waals surface area contributed by atoms with Gasteiger partial charge in [-0.1, -0.05) is 0 Å². The quantitative estimate of drug-likeness (QED) is 0.579. The minimum Gasteiger partial charge on any atom is 1.00 e. The van der Waals surface area contributed by atoms with Gasteiger partial charge in [-0.25, -0.2) is 0 Å². The zero-order valence-electron chi connectivity index (χ0n) is 6.40. The van der Waals surface area contributed by atoms with E-state index in [1.807, 2.05) is 30.3 Å². The Hall–Kier alpha value is 0.132. The molecule has 4 heteroatoms. The monoisotopic (exact) mass is 420 g/mol. The van der Waals surface area contributed by atoms with E-state index in [4.69, 9.17) is 0 Å². The Kier molecular flexibility index (Phi) is 6.70. The minimum absolute atomic E-state index is 0. The molecule has 0 aliphatic rings. The Morgan fingerprint density at radius 2 is 1.92 bits per heavy atom. The van der Waals surface area contributed by atoms with Crippen molar-refractivity contribution < 1.29 is 9.90 Å². The zero-order chi connectivity index (χ0) is 8.10. The Bertz CT molecular complexity index is 238. The number of hydrogen-bond acceptors (Lipinski definition) is 2. The SMILES string of the molecule is O=C([O-])C[Se]c1ccccc1.[Tl+]. The number of aliphatic carboxylic acids is 1. The van der Waals surface area contributed by atoms with Crippen molar-refractivity contribution in [3.8, 4) is 0 Å².